The van der Waals surface area contributed by atoms with Gasteiger partial charge in [0.05, 0.1) is 6.04 Å². The molecular formula is C20H29FN6O. The first-order chi connectivity index (χ1) is 13.4. The SMILES string of the molecule is CN[C@@H]1CC(CN(C)C)CCC1n1cc(C(N)=O)c(Nc2ccc(F)cc2)n1. The average molecular weight is 388 g/mol. The predicted molar refractivity (Wildman–Crippen MR) is 108 cm³/mol. The van der Waals surface area contributed by atoms with Crippen LogP contribution in [0.5, 0.6) is 0 Å². The fourth-order valence-electron chi connectivity index (χ4n) is 4.05. The third-order valence-corrected chi connectivity index (χ3v) is 5.36. The van der Waals surface area contributed by atoms with Gasteiger partial charge in [-0.3, -0.25) is 9.48 Å². The summed E-state index contributed by atoms with van der Waals surface area (Å²) in [4.78, 5) is 14.2. The van der Waals surface area contributed by atoms with Crippen molar-refractivity contribution in [2.45, 2.75) is 31.3 Å². The normalized spacial score (nSPS) is 22.4. The second-order valence-corrected chi connectivity index (χ2v) is 7.77. The van der Waals surface area contributed by atoms with Gasteiger partial charge >= 0.3 is 0 Å². The van der Waals surface area contributed by atoms with E-state index in [2.05, 4.69) is 34.7 Å². The van der Waals surface area contributed by atoms with E-state index in [1.165, 1.54) is 12.1 Å². The molecule has 1 aromatic carbocycles. The van der Waals surface area contributed by atoms with Crippen molar-refractivity contribution >= 4 is 17.4 Å². The number of benzene rings is 1. The van der Waals surface area contributed by atoms with Crippen molar-refractivity contribution in [3.63, 3.8) is 0 Å². The van der Waals surface area contributed by atoms with Gasteiger partial charge in [-0.1, -0.05) is 0 Å². The first kappa shape index (κ1) is 20.3. The molecule has 2 unspecified atom stereocenters. The zero-order chi connectivity index (χ0) is 20.3. The van der Waals surface area contributed by atoms with Crippen molar-refractivity contribution in [2.24, 2.45) is 11.7 Å². The van der Waals surface area contributed by atoms with Crippen LogP contribution in [0.3, 0.4) is 0 Å². The van der Waals surface area contributed by atoms with E-state index in [1.54, 1.807) is 18.3 Å². The molecule has 3 rings (SSSR count). The Bertz CT molecular complexity index is 804. The maximum atomic E-state index is 13.1. The average Bonchev–Trinajstić information content (AvgIpc) is 3.07. The first-order valence-electron chi connectivity index (χ1n) is 9.61. The molecular weight excluding hydrogens is 359 g/mol. The van der Waals surface area contributed by atoms with Crippen molar-refractivity contribution in [3.8, 4) is 0 Å². The van der Waals surface area contributed by atoms with E-state index in [1.807, 2.05) is 11.7 Å². The van der Waals surface area contributed by atoms with Crippen LogP contribution >= 0.6 is 0 Å². The minimum atomic E-state index is -0.543. The largest absolute Gasteiger partial charge is 0.365 e. The smallest absolute Gasteiger partial charge is 0.254 e. The van der Waals surface area contributed by atoms with E-state index in [4.69, 9.17) is 5.73 Å². The lowest BCUT2D eigenvalue weighted by Gasteiger charge is -2.37. The van der Waals surface area contributed by atoms with Crippen LogP contribution in [0.4, 0.5) is 15.9 Å². The fraction of sp³-hybridized carbons (Fsp3) is 0.500. The van der Waals surface area contributed by atoms with Crippen molar-refractivity contribution in [2.75, 3.05) is 33.0 Å². The molecule has 3 atom stereocenters. The van der Waals surface area contributed by atoms with Gasteiger partial charge in [-0.25, -0.2) is 4.39 Å². The Hall–Kier alpha value is -2.45. The van der Waals surface area contributed by atoms with Gasteiger partial charge in [0.15, 0.2) is 5.82 Å². The van der Waals surface area contributed by atoms with Crippen LogP contribution in [-0.4, -0.2) is 54.3 Å². The van der Waals surface area contributed by atoms with Gasteiger partial charge in [0.2, 0.25) is 0 Å². The summed E-state index contributed by atoms with van der Waals surface area (Å²) in [7, 11) is 6.16. The number of aromatic nitrogens is 2. The molecule has 8 heteroatoms. The van der Waals surface area contributed by atoms with Crippen LogP contribution in [0.1, 0.15) is 35.7 Å². The third-order valence-electron chi connectivity index (χ3n) is 5.36. The summed E-state index contributed by atoms with van der Waals surface area (Å²) in [6, 6.07) is 6.31. The second kappa shape index (κ2) is 8.70. The minimum absolute atomic E-state index is 0.144. The molecule has 7 nitrogen and oxygen atoms in total. The molecule has 0 bridgehead atoms. The Balaban J connectivity index is 1.82. The summed E-state index contributed by atoms with van der Waals surface area (Å²) in [6.07, 6.45) is 4.84. The van der Waals surface area contributed by atoms with E-state index in [0.29, 0.717) is 23.0 Å². The molecule has 152 valence electrons. The molecule has 1 amide bonds. The van der Waals surface area contributed by atoms with Crippen molar-refractivity contribution in [3.05, 3.63) is 41.8 Å². The molecule has 1 fully saturated rings. The molecule has 0 aliphatic heterocycles. The van der Waals surface area contributed by atoms with Crippen LogP contribution in [0.25, 0.3) is 0 Å². The van der Waals surface area contributed by atoms with Gasteiger partial charge in [0.1, 0.15) is 11.4 Å². The minimum Gasteiger partial charge on any atom is -0.365 e. The first-order valence-corrected chi connectivity index (χ1v) is 9.61. The number of hydrogen-bond donors (Lipinski definition) is 3. The Kier molecular flexibility index (Phi) is 6.31. The Labute approximate surface area is 165 Å². The topological polar surface area (TPSA) is 88.2 Å². The third kappa shape index (κ3) is 4.69. The number of likely N-dealkylation sites (N-methyl/N-ethyl adjacent to an activating group) is 1. The molecule has 0 spiro atoms. The molecule has 2 aromatic rings. The highest BCUT2D eigenvalue weighted by molar-refractivity contribution is 5.98. The van der Waals surface area contributed by atoms with Gasteiger partial charge in [-0.2, -0.15) is 5.10 Å². The molecule has 1 aliphatic carbocycles. The Morgan fingerprint density at radius 3 is 2.64 bits per heavy atom. The van der Waals surface area contributed by atoms with E-state index in [0.717, 1.165) is 25.8 Å². The summed E-state index contributed by atoms with van der Waals surface area (Å²) in [6.45, 7) is 1.06. The van der Waals surface area contributed by atoms with Crippen LogP contribution in [-0.2, 0) is 0 Å². The van der Waals surface area contributed by atoms with Crippen LogP contribution in [0.15, 0.2) is 30.5 Å². The van der Waals surface area contributed by atoms with Crippen molar-refractivity contribution < 1.29 is 9.18 Å². The van der Waals surface area contributed by atoms with Crippen LogP contribution in [0, 0.1) is 11.7 Å². The Morgan fingerprint density at radius 2 is 2.04 bits per heavy atom. The van der Waals surface area contributed by atoms with Crippen molar-refractivity contribution in [1.29, 1.82) is 0 Å². The predicted octanol–water partition coefficient (Wildman–Crippen LogP) is 2.36. The number of rotatable bonds is 7. The second-order valence-electron chi connectivity index (χ2n) is 7.77. The van der Waals surface area contributed by atoms with Gasteiger partial charge in [0.25, 0.3) is 5.91 Å². The Morgan fingerprint density at radius 1 is 1.32 bits per heavy atom. The molecule has 1 aromatic heterocycles. The molecule has 1 saturated carbocycles. The fourth-order valence-corrected chi connectivity index (χ4v) is 4.05. The number of nitrogens with zero attached hydrogens (tertiary/aromatic N) is 3. The van der Waals surface area contributed by atoms with Gasteiger partial charge in [-0.15, -0.1) is 0 Å². The molecule has 1 heterocycles. The molecule has 0 saturated heterocycles. The lowest BCUT2D eigenvalue weighted by atomic mass is 9.82. The summed E-state index contributed by atoms with van der Waals surface area (Å²) < 4.78 is 15.0. The van der Waals surface area contributed by atoms with Gasteiger partial charge in [-0.05, 0) is 70.6 Å². The number of amides is 1. The summed E-state index contributed by atoms with van der Waals surface area (Å²) in [5, 5.41) is 11.1. The van der Waals surface area contributed by atoms with Gasteiger partial charge in [0, 0.05) is 24.5 Å². The number of carbonyl (C=O) groups is 1. The summed E-state index contributed by atoms with van der Waals surface area (Å²) in [5.74, 6) is 0.159. The lowest BCUT2D eigenvalue weighted by molar-refractivity contribution is 0.100. The monoisotopic (exact) mass is 388 g/mol. The zero-order valence-corrected chi connectivity index (χ0v) is 16.7. The summed E-state index contributed by atoms with van der Waals surface area (Å²) in [5.41, 5.74) is 6.54. The molecule has 28 heavy (non-hydrogen) atoms. The number of nitrogens with two attached hydrogens (primary N) is 1. The number of carbonyl (C=O) groups excluding carboxylic acids is 1. The highest BCUT2D eigenvalue weighted by Crippen LogP contribution is 2.34. The van der Waals surface area contributed by atoms with E-state index in [9.17, 15) is 9.18 Å². The molecule has 4 N–H and O–H groups in total. The van der Waals surface area contributed by atoms with E-state index < -0.39 is 5.91 Å². The highest BCUT2D eigenvalue weighted by Gasteiger charge is 2.32. The lowest BCUT2D eigenvalue weighted by Crippen LogP contribution is -2.42. The number of hydrogen-bond acceptors (Lipinski definition) is 5. The molecule has 1 aliphatic rings. The van der Waals surface area contributed by atoms with E-state index in [-0.39, 0.29) is 17.9 Å². The quantitative estimate of drug-likeness (QED) is 0.678. The number of halogens is 1. The summed E-state index contributed by atoms with van der Waals surface area (Å²) >= 11 is 0. The highest BCUT2D eigenvalue weighted by atomic mass is 19.1. The molecule has 0 radical (unpaired) electrons. The number of primary amides is 1. The van der Waals surface area contributed by atoms with Crippen LogP contribution in [0.2, 0.25) is 0 Å². The zero-order valence-electron chi connectivity index (χ0n) is 16.7. The number of anilines is 2. The van der Waals surface area contributed by atoms with Crippen LogP contribution < -0.4 is 16.4 Å². The maximum absolute atomic E-state index is 13.1. The standard InChI is InChI=1S/C20H29FN6O/c1-23-17-10-13(11-26(2)3)4-9-18(17)27-12-16(19(22)28)20(25-27)24-15-7-5-14(21)6-8-15/h5-8,12-13,17-18,23H,4,9-11H2,1-3H3,(H2,22,28)(H,24,25)/t13?,17-,18?/m1/s1. The van der Waals surface area contributed by atoms with Crippen molar-refractivity contribution in [1.82, 2.24) is 20.0 Å². The maximum Gasteiger partial charge on any atom is 0.254 e. The number of nitrogens with one attached hydrogen (secondary N) is 2. The van der Waals surface area contributed by atoms with Gasteiger partial charge < -0.3 is 21.3 Å². The van der Waals surface area contributed by atoms with E-state index >= 15 is 0 Å².